The van der Waals surface area contributed by atoms with Gasteiger partial charge < -0.3 is 10.2 Å². The summed E-state index contributed by atoms with van der Waals surface area (Å²) in [6.45, 7) is 11.3. The zero-order valence-corrected chi connectivity index (χ0v) is 19.1. The van der Waals surface area contributed by atoms with Crippen LogP contribution in [-0.4, -0.2) is 29.3 Å². The first-order chi connectivity index (χ1) is 14.4. The number of carbonyl (C=O) groups excluding carboxylic acids is 2. The lowest BCUT2D eigenvalue weighted by molar-refractivity contribution is -0.140. The van der Waals surface area contributed by atoms with Crippen molar-refractivity contribution in [1.29, 1.82) is 0 Å². The monoisotopic (exact) mass is 408 g/mol. The molecule has 0 aromatic heterocycles. The number of unbranched alkanes of at least 4 members (excludes halogenated alkanes) is 1. The second-order valence-electron chi connectivity index (χ2n) is 8.11. The number of amides is 2. The molecular formula is C26H36N2O2. The van der Waals surface area contributed by atoms with Gasteiger partial charge in [0.2, 0.25) is 11.8 Å². The van der Waals surface area contributed by atoms with E-state index in [1.807, 2.05) is 44.2 Å². The van der Waals surface area contributed by atoms with E-state index in [9.17, 15) is 9.59 Å². The van der Waals surface area contributed by atoms with Crippen LogP contribution in [0.4, 0.5) is 0 Å². The molecule has 4 heteroatoms. The number of hydrogen-bond donors (Lipinski definition) is 1. The molecule has 0 spiro atoms. The van der Waals surface area contributed by atoms with Gasteiger partial charge in [0.1, 0.15) is 6.04 Å². The highest BCUT2D eigenvalue weighted by atomic mass is 16.2. The molecule has 2 aromatic rings. The molecule has 162 valence electrons. The van der Waals surface area contributed by atoms with Crippen molar-refractivity contribution in [3.05, 3.63) is 70.3 Å². The van der Waals surface area contributed by atoms with Crippen molar-refractivity contribution in [2.75, 3.05) is 6.54 Å². The summed E-state index contributed by atoms with van der Waals surface area (Å²) in [7, 11) is 0. The molecule has 0 radical (unpaired) electrons. The molecule has 0 aliphatic rings. The molecule has 0 fully saturated rings. The molecule has 0 aliphatic heterocycles. The summed E-state index contributed by atoms with van der Waals surface area (Å²) >= 11 is 0. The Kier molecular flexibility index (Phi) is 9.10. The van der Waals surface area contributed by atoms with Gasteiger partial charge in [-0.25, -0.2) is 0 Å². The van der Waals surface area contributed by atoms with E-state index in [4.69, 9.17) is 0 Å². The quantitative estimate of drug-likeness (QED) is 0.570. The number of nitrogens with one attached hydrogen (secondary N) is 1. The topological polar surface area (TPSA) is 49.4 Å². The standard InChI is InChI=1S/C26H36N2O2/c1-6-8-15-27-26(30)24(7-2)28(18-23-12-10-9-11-20(23)4)25(29)17-22-14-13-19(3)21(5)16-22/h9-14,16,24H,6-8,15,17-18H2,1-5H3,(H,27,30)/t24-/m0/s1. The van der Waals surface area contributed by atoms with Crippen molar-refractivity contribution in [2.24, 2.45) is 0 Å². The highest BCUT2D eigenvalue weighted by Gasteiger charge is 2.28. The molecule has 0 heterocycles. The van der Waals surface area contributed by atoms with Gasteiger partial charge in [-0.15, -0.1) is 0 Å². The number of benzene rings is 2. The van der Waals surface area contributed by atoms with Gasteiger partial charge in [0.15, 0.2) is 0 Å². The van der Waals surface area contributed by atoms with Gasteiger partial charge in [0, 0.05) is 13.1 Å². The van der Waals surface area contributed by atoms with E-state index in [0.29, 0.717) is 25.9 Å². The molecule has 2 amide bonds. The summed E-state index contributed by atoms with van der Waals surface area (Å²) in [5, 5.41) is 3.02. The fourth-order valence-corrected chi connectivity index (χ4v) is 3.59. The van der Waals surface area contributed by atoms with Crippen molar-refractivity contribution in [3.8, 4) is 0 Å². The Bertz CT molecular complexity index is 860. The van der Waals surface area contributed by atoms with Gasteiger partial charge in [-0.05, 0) is 61.4 Å². The maximum atomic E-state index is 13.4. The molecule has 0 bridgehead atoms. The zero-order valence-electron chi connectivity index (χ0n) is 19.1. The summed E-state index contributed by atoms with van der Waals surface area (Å²) in [5.41, 5.74) is 5.58. The van der Waals surface area contributed by atoms with Crippen LogP contribution < -0.4 is 5.32 Å². The molecule has 0 saturated heterocycles. The Morgan fingerprint density at radius 1 is 0.967 bits per heavy atom. The largest absolute Gasteiger partial charge is 0.354 e. The smallest absolute Gasteiger partial charge is 0.242 e. The lowest BCUT2D eigenvalue weighted by Gasteiger charge is -2.31. The molecule has 1 N–H and O–H groups in total. The Balaban J connectivity index is 2.28. The lowest BCUT2D eigenvalue weighted by Crippen LogP contribution is -2.49. The lowest BCUT2D eigenvalue weighted by atomic mass is 10.0. The average molecular weight is 409 g/mol. The van der Waals surface area contributed by atoms with E-state index in [0.717, 1.165) is 29.5 Å². The van der Waals surface area contributed by atoms with Crippen molar-refractivity contribution >= 4 is 11.8 Å². The predicted octanol–water partition coefficient (Wildman–Crippen LogP) is 4.88. The maximum Gasteiger partial charge on any atom is 0.242 e. The Hall–Kier alpha value is -2.62. The summed E-state index contributed by atoms with van der Waals surface area (Å²) in [6, 6.07) is 13.7. The first-order valence-electron chi connectivity index (χ1n) is 11.0. The maximum absolute atomic E-state index is 13.4. The minimum Gasteiger partial charge on any atom is -0.354 e. The van der Waals surface area contributed by atoms with Gasteiger partial charge in [0.25, 0.3) is 0 Å². The van der Waals surface area contributed by atoms with Crippen LogP contribution in [-0.2, 0) is 22.6 Å². The van der Waals surface area contributed by atoms with Gasteiger partial charge in [0.05, 0.1) is 6.42 Å². The summed E-state index contributed by atoms with van der Waals surface area (Å²) in [4.78, 5) is 28.1. The molecule has 0 saturated carbocycles. The van der Waals surface area contributed by atoms with Crippen LogP contribution in [0.5, 0.6) is 0 Å². The van der Waals surface area contributed by atoms with E-state index in [2.05, 4.69) is 38.2 Å². The van der Waals surface area contributed by atoms with Crippen LogP contribution in [0.1, 0.15) is 60.9 Å². The van der Waals surface area contributed by atoms with Crippen molar-refractivity contribution in [1.82, 2.24) is 10.2 Å². The normalized spacial score (nSPS) is 11.8. The highest BCUT2D eigenvalue weighted by molar-refractivity contribution is 5.88. The van der Waals surface area contributed by atoms with Crippen LogP contribution in [0.3, 0.4) is 0 Å². The van der Waals surface area contributed by atoms with Crippen LogP contribution in [0.25, 0.3) is 0 Å². The van der Waals surface area contributed by atoms with E-state index >= 15 is 0 Å². The molecule has 2 aromatic carbocycles. The van der Waals surface area contributed by atoms with Crippen LogP contribution >= 0.6 is 0 Å². The van der Waals surface area contributed by atoms with E-state index in [1.165, 1.54) is 11.1 Å². The minimum atomic E-state index is -0.472. The third-order valence-corrected chi connectivity index (χ3v) is 5.74. The van der Waals surface area contributed by atoms with E-state index < -0.39 is 6.04 Å². The molecule has 0 aliphatic carbocycles. The Morgan fingerprint density at radius 3 is 2.33 bits per heavy atom. The summed E-state index contributed by atoms with van der Waals surface area (Å²) in [6.07, 6.45) is 2.85. The van der Waals surface area contributed by atoms with Gasteiger partial charge in [-0.2, -0.15) is 0 Å². The van der Waals surface area contributed by atoms with Crippen LogP contribution in [0.15, 0.2) is 42.5 Å². The third kappa shape index (κ3) is 6.45. The highest BCUT2D eigenvalue weighted by Crippen LogP contribution is 2.18. The second-order valence-corrected chi connectivity index (χ2v) is 8.11. The van der Waals surface area contributed by atoms with Crippen molar-refractivity contribution in [3.63, 3.8) is 0 Å². The molecular weight excluding hydrogens is 372 g/mol. The van der Waals surface area contributed by atoms with Crippen molar-refractivity contribution < 1.29 is 9.59 Å². The second kappa shape index (κ2) is 11.5. The van der Waals surface area contributed by atoms with E-state index in [-0.39, 0.29) is 11.8 Å². The number of rotatable bonds is 10. The zero-order chi connectivity index (χ0) is 22.1. The van der Waals surface area contributed by atoms with Gasteiger partial charge >= 0.3 is 0 Å². The molecule has 1 atom stereocenters. The number of nitrogens with zero attached hydrogens (tertiary/aromatic N) is 1. The van der Waals surface area contributed by atoms with Crippen LogP contribution in [0, 0.1) is 20.8 Å². The fraction of sp³-hybridized carbons (Fsp3) is 0.462. The predicted molar refractivity (Wildman–Crippen MR) is 123 cm³/mol. The number of aryl methyl sites for hydroxylation is 3. The van der Waals surface area contributed by atoms with Crippen molar-refractivity contribution in [2.45, 2.75) is 72.9 Å². The Labute approximate surface area is 181 Å². The van der Waals surface area contributed by atoms with E-state index in [1.54, 1.807) is 4.90 Å². The Morgan fingerprint density at radius 2 is 1.70 bits per heavy atom. The molecule has 0 unspecified atom stereocenters. The van der Waals surface area contributed by atoms with Gasteiger partial charge in [-0.3, -0.25) is 9.59 Å². The summed E-state index contributed by atoms with van der Waals surface area (Å²) < 4.78 is 0. The SMILES string of the molecule is CCCCNC(=O)[C@H](CC)N(Cc1ccccc1C)C(=O)Cc1ccc(C)c(C)c1. The summed E-state index contributed by atoms with van der Waals surface area (Å²) in [5.74, 6) is -0.0769. The minimum absolute atomic E-state index is 0.0148. The molecule has 30 heavy (non-hydrogen) atoms. The molecule has 4 nitrogen and oxygen atoms in total. The fourth-order valence-electron chi connectivity index (χ4n) is 3.59. The third-order valence-electron chi connectivity index (χ3n) is 5.74. The van der Waals surface area contributed by atoms with Gasteiger partial charge in [-0.1, -0.05) is 62.7 Å². The number of carbonyl (C=O) groups is 2. The first kappa shape index (κ1) is 23.7. The molecule has 2 rings (SSSR count). The first-order valence-corrected chi connectivity index (χ1v) is 11.0. The van der Waals surface area contributed by atoms with Crippen LogP contribution in [0.2, 0.25) is 0 Å². The number of hydrogen-bond acceptors (Lipinski definition) is 2. The average Bonchev–Trinajstić information content (AvgIpc) is 2.72.